The molecule has 0 fully saturated rings. The smallest absolute Gasteiger partial charge is 0.138 e. The normalized spacial score (nSPS) is 10.7. The van der Waals surface area contributed by atoms with Gasteiger partial charge in [0.05, 0.1) is 11.1 Å². The molecule has 0 heterocycles. The molecule has 20 heavy (non-hydrogen) atoms. The Balaban J connectivity index is 2.02. The highest BCUT2D eigenvalue weighted by atomic mass is 79.9. The van der Waals surface area contributed by atoms with Gasteiger partial charge >= 0.3 is 0 Å². The fourth-order valence-electron chi connectivity index (χ4n) is 1.81. The number of hydrogen-bond donors (Lipinski definition) is 1. The molecule has 0 bridgehead atoms. The van der Waals surface area contributed by atoms with Crippen LogP contribution in [0.4, 0.5) is 5.69 Å². The Hall–Kier alpha value is -1.19. The zero-order valence-corrected chi connectivity index (χ0v) is 13.8. The molecule has 0 amide bonds. The number of nitrogens with one attached hydrogen (secondary N) is 1. The Morgan fingerprint density at radius 1 is 1.20 bits per heavy atom. The number of hydrogen-bond acceptors (Lipinski definition) is 2. The van der Waals surface area contributed by atoms with Crippen molar-refractivity contribution in [1.82, 2.24) is 0 Å². The monoisotopic (exact) mass is 353 g/mol. The molecule has 0 saturated carbocycles. The predicted octanol–water partition coefficient (Wildman–Crippen LogP) is 5.50. The minimum absolute atomic E-state index is 0.118. The molecule has 2 rings (SSSR count). The van der Waals surface area contributed by atoms with E-state index in [0.29, 0.717) is 5.02 Å². The fourth-order valence-corrected chi connectivity index (χ4v) is 2.48. The van der Waals surface area contributed by atoms with Crippen molar-refractivity contribution in [2.75, 3.05) is 5.32 Å². The summed E-state index contributed by atoms with van der Waals surface area (Å²) in [4.78, 5) is 0. The van der Waals surface area contributed by atoms with Gasteiger partial charge in [0, 0.05) is 16.7 Å². The van der Waals surface area contributed by atoms with Crippen LogP contribution in [0.1, 0.15) is 19.4 Å². The summed E-state index contributed by atoms with van der Waals surface area (Å²) in [5.41, 5.74) is 2.18. The number of benzene rings is 2. The van der Waals surface area contributed by atoms with Crippen LogP contribution in [0.25, 0.3) is 0 Å². The quantitative estimate of drug-likeness (QED) is 0.765. The van der Waals surface area contributed by atoms with Crippen molar-refractivity contribution in [2.45, 2.75) is 26.5 Å². The van der Waals surface area contributed by atoms with Crippen molar-refractivity contribution in [3.8, 4) is 5.75 Å². The highest BCUT2D eigenvalue weighted by Gasteiger charge is 2.05. The summed E-state index contributed by atoms with van der Waals surface area (Å²) in [5.74, 6) is 0.717. The van der Waals surface area contributed by atoms with Crippen LogP contribution < -0.4 is 10.1 Å². The van der Waals surface area contributed by atoms with Gasteiger partial charge in [0.1, 0.15) is 5.75 Å². The van der Waals surface area contributed by atoms with Gasteiger partial charge in [-0.3, -0.25) is 0 Å². The van der Waals surface area contributed by atoms with Crippen LogP contribution in [-0.2, 0) is 6.54 Å². The summed E-state index contributed by atoms with van der Waals surface area (Å²) in [7, 11) is 0. The summed E-state index contributed by atoms with van der Waals surface area (Å²) in [6.45, 7) is 4.71. The summed E-state index contributed by atoms with van der Waals surface area (Å²) < 4.78 is 6.69. The largest absolute Gasteiger partial charge is 0.489 e. The molecule has 1 N–H and O–H groups in total. The topological polar surface area (TPSA) is 21.3 Å². The number of ether oxygens (including phenoxy) is 1. The van der Waals surface area contributed by atoms with Gasteiger partial charge < -0.3 is 10.1 Å². The predicted molar refractivity (Wildman–Crippen MR) is 88.7 cm³/mol. The summed E-state index contributed by atoms with van der Waals surface area (Å²) >= 11 is 9.67. The van der Waals surface area contributed by atoms with Gasteiger partial charge in [0.15, 0.2) is 0 Å². The third-order valence-electron chi connectivity index (χ3n) is 2.68. The summed E-state index contributed by atoms with van der Waals surface area (Å²) in [6, 6.07) is 14.0. The first-order valence-corrected chi connectivity index (χ1v) is 7.66. The Morgan fingerprint density at radius 2 is 2.00 bits per heavy atom. The molecule has 0 aliphatic rings. The minimum Gasteiger partial charge on any atom is -0.489 e. The van der Waals surface area contributed by atoms with Gasteiger partial charge in [0.25, 0.3) is 0 Å². The standard InChI is InChI=1S/C16H17BrClNO/c1-11(2)20-16-7-6-14(9-15(16)18)19-10-12-4-3-5-13(17)8-12/h3-9,11,19H,10H2,1-2H3. The molecule has 0 unspecified atom stereocenters. The summed E-state index contributed by atoms with van der Waals surface area (Å²) in [5, 5.41) is 3.97. The van der Waals surface area contributed by atoms with Crippen LogP contribution >= 0.6 is 27.5 Å². The van der Waals surface area contributed by atoms with E-state index in [2.05, 4.69) is 33.4 Å². The highest BCUT2D eigenvalue weighted by Crippen LogP contribution is 2.28. The van der Waals surface area contributed by atoms with Gasteiger partial charge in [-0.15, -0.1) is 0 Å². The molecule has 0 aromatic heterocycles. The van der Waals surface area contributed by atoms with E-state index in [4.69, 9.17) is 16.3 Å². The highest BCUT2D eigenvalue weighted by molar-refractivity contribution is 9.10. The molecule has 4 heteroatoms. The van der Waals surface area contributed by atoms with E-state index in [1.807, 2.05) is 44.2 Å². The van der Waals surface area contributed by atoms with Crippen molar-refractivity contribution in [3.63, 3.8) is 0 Å². The maximum Gasteiger partial charge on any atom is 0.138 e. The maximum absolute atomic E-state index is 6.21. The van der Waals surface area contributed by atoms with Crippen molar-refractivity contribution < 1.29 is 4.74 Å². The number of anilines is 1. The number of rotatable bonds is 5. The Labute approximate surface area is 133 Å². The summed E-state index contributed by atoms with van der Waals surface area (Å²) in [6.07, 6.45) is 0.118. The second-order valence-electron chi connectivity index (χ2n) is 4.80. The molecule has 0 atom stereocenters. The third-order valence-corrected chi connectivity index (χ3v) is 3.47. The van der Waals surface area contributed by atoms with Crippen LogP contribution in [0.2, 0.25) is 5.02 Å². The van der Waals surface area contributed by atoms with Gasteiger partial charge in [-0.1, -0.05) is 39.7 Å². The van der Waals surface area contributed by atoms with E-state index in [9.17, 15) is 0 Å². The zero-order chi connectivity index (χ0) is 14.5. The van der Waals surface area contributed by atoms with Crippen molar-refractivity contribution >= 4 is 33.2 Å². The molecule has 2 aromatic rings. The second kappa shape index (κ2) is 7.00. The lowest BCUT2D eigenvalue weighted by atomic mass is 10.2. The molecular formula is C16H17BrClNO. The molecule has 0 aliphatic heterocycles. The average Bonchev–Trinajstić information content (AvgIpc) is 2.39. The minimum atomic E-state index is 0.118. The molecule has 2 nitrogen and oxygen atoms in total. The Morgan fingerprint density at radius 3 is 2.65 bits per heavy atom. The fraction of sp³-hybridized carbons (Fsp3) is 0.250. The van der Waals surface area contributed by atoms with Gasteiger partial charge in [-0.05, 0) is 49.7 Å². The van der Waals surface area contributed by atoms with Crippen LogP contribution in [0.5, 0.6) is 5.75 Å². The third kappa shape index (κ3) is 4.43. The Bertz CT molecular complexity index is 586. The molecule has 0 spiro atoms. The van der Waals surface area contributed by atoms with Gasteiger partial charge in [-0.2, -0.15) is 0 Å². The van der Waals surface area contributed by atoms with E-state index in [1.165, 1.54) is 5.56 Å². The molecule has 2 aromatic carbocycles. The van der Waals surface area contributed by atoms with E-state index in [1.54, 1.807) is 0 Å². The van der Waals surface area contributed by atoms with E-state index in [-0.39, 0.29) is 6.10 Å². The first kappa shape index (κ1) is 15.2. The van der Waals surface area contributed by atoms with E-state index in [0.717, 1.165) is 22.5 Å². The lowest BCUT2D eigenvalue weighted by Gasteiger charge is -2.13. The van der Waals surface area contributed by atoms with Crippen LogP contribution in [0.15, 0.2) is 46.9 Å². The second-order valence-corrected chi connectivity index (χ2v) is 6.12. The van der Waals surface area contributed by atoms with Crippen LogP contribution in [0, 0.1) is 0 Å². The van der Waals surface area contributed by atoms with Crippen LogP contribution in [0.3, 0.4) is 0 Å². The SMILES string of the molecule is CC(C)Oc1ccc(NCc2cccc(Br)c2)cc1Cl. The maximum atomic E-state index is 6.21. The average molecular weight is 355 g/mol. The molecule has 0 radical (unpaired) electrons. The van der Waals surface area contributed by atoms with Gasteiger partial charge in [-0.25, -0.2) is 0 Å². The van der Waals surface area contributed by atoms with Crippen molar-refractivity contribution in [1.29, 1.82) is 0 Å². The van der Waals surface area contributed by atoms with Crippen molar-refractivity contribution in [3.05, 3.63) is 57.5 Å². The van der Waals surface area contributed by atoms with Crippen LogP contribution in [-0.4, -0.2) is 6.10 Å². The first-order valence-electron chi connectivity index (χ1n) is 6.49. The Kier molecular flexibility index (Phi) is 5.32. The molecule has 106 valence electrons. The number of halogens is 2. The van der Waals surface area contributed by atoms with E-state index < -0.39 is 0 Å². The molecule has 0 saturated heterocycles. The molecule has 0 aliphatic carbocycles. The first-order chi connectivity index (χ1) is 9.54. The van der Waals surface area contributed by atoms with Crippen molar-refractivity contribution in [2.24, 2.45) is 0 Å². The van der Waals surface area contributed by atoms with E-state index >= 15 is 0 Å². The lowest BCUT2D eigenvalue weighted by molar-refractivity contribution is 0.242. The van der Waals surface area contributed by atoms with Gasteiger partial charge in [0.2, 0.25) is 0 Å². The molecular weight excluding hydrogens is 338 g/mol. The lowest BCUT2D eigenvalue weighted by Crippen LogP contribution is -2.06. The zero-order valence-electron chi connectivity index (χ0n) is 11.5.